The van der Waals surface area contributed by atoms with Crippen LogP contribution in [0.4, 0.5) is 0 Å². The Morgan fingerprint density at radius 2 is 2.19 bits per heavy atom. The van der Waals surface area contributed by atoms with E-state index in [2.05, 4.69) is 0 Å². The molecule has 0 spiro atoms. The lowest BCUT2D eigenvalue weighted by Crippen LogP contribution is -2.22. The lowest BCUT2D eigenvalue weighted by molar-refractivity contribution is -0.128. The van der Waals surface area contributed by atoms with Crippen molar-refractivity contribution in [3.05, 3.63) is 34.3 Å². The summed E-state index contributed by atoms with van der Waals surface area (Å²) >= 11 is 5.92. The highest BCUT2D eigenvalue weighted by Gasteiger charge is 2.39. The standard InChI is InChI=1S/C12H14ClNO2/c1-7-3-4-8(13)5-9(7)11-10(15)6-14(2)12(11)16/h3-5,10-11,15H,6H2,1-2H3. The van der Waals surface area contributed by atoms with Crippen molar-refractivity contribution >= 4 is 17.5 Å². The fourth-order valence-electron chi connectivity index (χ4n) is 2.16. The maximum absolute atomic E-state index is 11.9. The highest BCUT2D eigenvalue weighted by Crippen LogP contribution is 2.31. The molecule has 1 aliphatic rings. The summed E-state index contributed by atoms with van der Waals surface area (Å²) in [6.45, 7) is 2.30. The van der Waals surface area contributed by atoms with Gasteiger partial charge in [0.15, 0.2) is 0 Å². The summed E-state index contributed by atoms with van der Waals surface area (Å²) in [6.07, 6.45) is -0.644. The van der Waals surface area contributed by atoms with E-state index in [0.29, 0.717) is 11.6 Å². The highest BCUT2D eigenvalue weighted by atomic mass is 35.5. The third-order valence-corrected chi connectivity index (χ3v) is 3.30. The monoisotopic (exact) mass is 239 g/mol. The number of β-amino-alcohol motifs (C(OH)–C–C–N with tert-alkyl or cyclic N) is 1. The second-order valence-corrected chi connectivity index (χ2v) is 4.70. The van der Waals surface area contributed by atoms with Crippen LogP contribution in [0, 0.1) is 6.92 Å². The van der Waals surface area contributed by atoms with Crippen LogP contribution in [0.5, 0.6) is 0 Å². The van der Waals surface area contributed by atoms with E-state index in [0.717, 1.165) is 11.1 Å². The molecular formula is C12H14ClNO2. The number of aryl methyl sites for hydroxylation is 1. The van der Waals surface area contributed by atoms with Gasteiger partial charge in [-0.1, -0.05) is 17.7 Å². The Bertz CT molecular complexity index is 433. The molecule has 86 valence electrons. The molecule has 16 heavy (non-hydrogen) atoms. The molecular weight excluding hydrogens is 226 g/mol. The first kappa shape index (κ1) is 11.4. The summed E-state index contributed by atoms with van der Waals surface area (Å²) < 4.78 is 0. The van der Waals surface area contributed by atoms with Gasteiger partial charge in [0.1, 0.15) is 0 Å². The first-order chi connectivity index (χ1) is 7.50. The van der Waals surface area contributed by atoms with Gasteiger partial charge in [-0.2, -0.15) is 0 Å². The first-order valence-corrected chi connectivity index (χ1v) is 5.57. The van der Waals surface area contributed by atoms with Gasteiger partial charge in [0.05, 0.1) is 12.0 Å². The van der Waals surface area contributed by atoms with Crippen LogP contribution in [0.2, 0.25) is 5.02 Å². The van der Waals surface area contributed by atoms with Gasteiger partial charge in [-0.3, -0.25) is 4.79 Å². The number of aliphatic hydroxyl groups is 1. The molecule has 1 aliphatic heterocycles. The third kappa shape index (κ3) is 1.81. The van der Waals surface area contributed by atoms with Crippen LogP contribution >= 0.6 is 11.6 Å². The van der Waals surface area contributed by atoms with Crippen LogP contribution in [0.25, 0.3) is 0 Å². The topological polar surface area (TPSA) is 40.5 Å². The molecule has 4 heteroatoms. The number of amides is 1. The molecule has 0 aliphatic carbocycles. The first-order valence-electron chi connectivity index (χ1n) is 5.20. The van der Waals surface area contributed by atoms with Crippen molar-refractivity contribution in [3.63, 3.8) is 0 Å². The van der Waals surface area contributed by atoms with Gasteiger partial charge in [0, 0.05) is 18.6 Å². The van der Waals surface area contributed by atoms with E-state index >= 15 is 0 Å². The van der Waals surface area contributed by atoms with Crippen molar-refractivity contribution in [2.45, 2.75) is 18.9 Å². The van der Waals surface area contributed by atoms with Crippen molar-refractivity contribution in [1.82, 2.24) is 4.90 Å². The van der Waals surface area contributed by atoms with Crippen molar-refractivity contribution in [3.8, 4) is 0 Å². The van der Waals surface area contributed by atoms with Crippen LogP contribution in [0.1, 0.15) is 17.0 Å². The molecule has 2 atom stereocenters. The number of likely N-dealkylation sites (tertiary alicyclic amines) is 1. The van der Waals surface area contributed by atoms with Crippen molar-refractivity contribution in [2.24, 2.45) is 0 Å². The van der Waals surface area contributed by atoms with Crippen LogP contribution in [-0.2, 0) is 4.79 Å². The molecule has 1 aromatic carbocycles. The van der Waals surface area contributed by atoms with E-state index in [9.17, 15) is 9.90 Å². The van der Waals surface area contributed by atoms with Crippen LogP contribution in [-0.4, -0.2) is 35.6 Å². The van der Waals surface area contributed by atoms with Crippen LogP contribution in [0.15, 0.2) is 18.2 Å². The molecule has 0 bridgehead atoms. The minimum Gasteiger partial charge on any atom is -0.390 e. The Labute approximate surface area is 99.6 Å². The van der Waals surface area contributed by atoms with Crippen molar-refractivity contribution in [1.29, 1.82) is 0 Å². The van der Waals surface area contributed by atoms with E-state index in [1.165, 1.54) is 0 Å². The second kappa shape index (κ2) is 4.07. The Morgan fingerprint density at radius 1 is 1.50 bits per heavy atom. The molecule has 2 rings (SSSR count). The zero-order valence-corrected chi connectivity index (χ0v) is 10.0. The average molecular weight is 240 g/mol. The molecule has 1 heterocycles. The van der Waals surface area contributed by atoms with Gasteiger partial charge in [-0.05, 0) is 30.2 Å². The lowest BCUT2D eigenvalue weighted by Gasteiger charge is -2.15. The number of carbonyl (C=O) groups is 1. The summed E-state index contributed by atoms with van der Waals surface area (Å²) in [7, 11) is 1.70. The van der Waals surface area contributed by atoms with Gasteiger partial charge < -0.3 is 10.0 Å². The number of halogens is 1. The maximum atomic E-state index is 11.9. The molecule has 1 aromatic rings. The Balaban J connectivity index is 2.44. The Hall–Kier alpha value is -1.06. The van der Waals surface area contributed by atoms with Gasteiger partial charge in [0.2, 0.25) is 5.91 Å². The molecule has 3 nitrogen and oxygen atoms in total. The second-order valence-electron chi connectivity index (χ2n) is 4.26. The predicted molar refractivity (Wildman–Crippen MR) is 62.6 cm³/mol. The number of likely N-dealkylation sites (N-methyl/N-ethyl adjacent to an activating group) is 1. The van der Waals surface area contributed by atoms with Crippen LogP contribution in [0.3, 0.4) is 0 Å². The molecule has 1 fully saturated rings. The van der Waals surface area contributed by atoms with Gasteiger partial charge >= 0.3 is 0 Å². The normalized spacial score (nSPS) is 25.2. The molecule has 0 radical (unpaired) electrons. The summed E-state index contributed by atoms with van der Waals surface area (Å²) in [5.74, 6) is -0.512. The molecule has 1 saturated heterocycles. The molecule has 0 saturated carbocycles. The Kier molecular flexibility index (Phi) is 2.91. The fraction of sp³-hybridized carbons (Fsp3) is 0.417. The van der Waals surface area contributed by atoms with Crippen LogP contribution < -0.4 is 0 Å². The minimum absolute atomic E-state index is 0.0436. The number of nitrogens with zero attached hydrogens (tertiary/aromatic N) is 1. The lowest BCUT2D eigenvalue weighted by atomic mass is 9.92. The summed E-state index contributed by atoms with van der Waals surface area (Å²) in [4.78, 5) is 13.5. The summed E-state index contributed by atoms with van der Waals surface area (Å²) in [5, 5.41) is 10.5. The smallest absolute Gasteiger partial charge is 0.232 e. The van der Waals surface area contributed by atoms with Gasteiger partial charge in [-0.25, -0.2) is 0 Å². The SMILES string of the molecule is Cc1ccc(Cl)cc1C1C(=O)N(C)CC1O. The minimum atomic E-state index is -0.644. The van der Waals surface area contributed by atoms with Crippen molar-refractivity contribution < 1.29 is 9.90 Å². The fourth-order valence-corrected chi connectivity index (χ4v) is 2.35. The van der Waals surface area contributed by atoms with E-state index in [4.69, 9.17) is 11.6 Å². The molecule has 1 amide bonds. The number of hydrogen-bond donors (Lipinski definition) is 1. The van der Waals surface area contributed by atoms with Gasteiger partial charge in [0.25, 0.3) is 0 Å². The van der Waals surface area contributed by atoms with E-state index in [1.807, 2.05) is 13.0 Å². The Morgan fingerprint density at radius 3 is 2.75 bits per heavy atom. The number of hydrogen-bond acceptors (Lipinski definition) is 2. The van der Waals surface area contributed by atoms with E-state index in [1.54, 1.807) is 24.1 Å². The molecule has 2 unspecified atom stereocenters. The third-order valence-electron chi connectivity index (χ3n) is 3.06. The maximum Gasteiger partial charge on any atom is 0.232 e. The quantitative estimate of drug-likeness (QED) is 0.808. The number of carbonyl (C=O) groups excluding carboxylic acids is 1. The highest BCUT2D eigenvalue weighted by molar-refractivity contribution is 6.30. The van der Waals surface area contributed by atoms with Crippen molar-refractivity contribution in [2.75, 3.05) is 13.6 Å². The molecule has 0 aromatic heterocycles. The van der Waals surface area contributed by atoms with E-state index < -0.39 is 12.0 Å². The summed E-state index contributed by atoms with van der Waals surface area (Å²) in [5.41, 5.74) is 1.81. The number of aliphatic hydroxyl groups excluding tert-OH is 1. The van der Waals surface area contributed by atoms with E-state index in [-0.39, 0.29) is 5.91 Å². The zero-order chi connectivity index (χ0) is 11.9. The number of rotatable bonds is 1. The average Bonchev–Trinajstić information content (AvgIpc) is 2.46. The largest absolute Gasteiger partial charge is 0.390 e. The molecule has 1 N–H and O–H groups in total. The zero-order valence-electron chi connectivity index (χ0n) is 9.27. The summed E-state index contributed by atoms with van der Waals surface area (Å²) in [6, 6.07) is 5.42. The predicted octanol–water partition coefficient (Wildman–Crippen LogP) is 1.56. The van der Waals surface area contributed by atoms with Gasteiger partial charge in [-0.15, -0.1) is 0 Å². The number of benzene rings is 1.